The minimum Gasteiger partial charge on any atom is -0.494 e. The van der Waals surface area contributed by atoms with Crippen molar-refractivity contribution in [2.24, 2.45) is 5.92 Å². The summed E-state index contributed by atoms with van der Waals surface area (Å²) in [5.41, 5.74) is 2.77. The van der Waals surface area contributed by atoms with E-state index >= 15 is 0 Å². The molecule has 0 aromatic heterocycles. The van der Waals surface area contributed by atoms with Gasteiger partial charge in [0.1, 0.15) is 5.75 Å². The SMILES string of the molecule is C=CN(C(=O)OCN1C(=O)CCc2ccc(OCCCCN3CCN(c4cccc(Cl)c4Cl)CC3)cc21)C(C)CC(C)C. The fourth-order valence-electron chi connectivity index (χ4n) is 5.75. The minimum atomic E-state index is -0.509. The van der Waals surface area contributed by atoms with E-state index in [-0.39, 0.29) is 18.7 Å². The van der Waals surface area contributed by atoms with Gasteiger partial charge in [0.25, 0.3) is 0 Å². The monoisotopic (exact) mass is 630 g/mol. The maximum atomic E-state index is 12.8. The van der Waals surface area contributed by atoms with Crippen LogP contribution in [0, 0.1) is 5.92 Å². The second-order valence-corrected chi connectivity index (χ2v) is 12.5. The summed E-state index contributed by atoms with van der Waals surface area (Å²) < 4.78 is 11.7. The summed E-state index contributed by atoms with van der Waals surface area (Å²) in [6.45, 7) is 15.2. The van der Waals surface area contributed by atoms with Gasteiger partial charge in [-0.2, -0.15) is 0 Å². The Morgan fingerprint density at radius 3 is 2.53 bits per heavy atom. The van der Waals surface area contributed by atoms with Crippen molar-refractivity contribution in [3.8, 4) is 5.75 Å². The number of carbonyl (C=O) groups excluding carboxylic acids is 2. The van der Waals surface area contributed by atoms with Crippen molar-refractivity contribution >= 4 is 46.6 Å². The molecule has 2 aromatic rings. The van der Waals surface area contributed by atoms with Crippen LogP contribution in [0.5, 0.6) is 5.75 Å². The fourth-order valence-corrected chi connectivity index (χ4v) is 6.16. The number of rotatable bonds is 13. The molecule has 2 aliphatic heterocycles. The molecule has 0 bridgehead atoms. The van der Waals surface area contributed by atoms with Gasteiger partial charge in [0.05, 0.1) is 28.0 Å². The first-order chi connectivity index (χ1) is 20.7. The highest BCUT2D eigenvalue weighted by atomic mass is 35.5. The number of ether oxygens (including phenoxy) is 2. The van der Waals surface area contributed by atoms with Gasteiger partial charge in [-0.05, 0) is 68.8 Å². The number of amides is 2. The number of hydrogen-bond acceptors (Lipinski definition) is 6. The quantitative estimate of drug-likeness (QED) is 0.218. The summed E-state index contributed by atoms with van der Waals surface area (Å²) in [5, 5.41) is 1.21. The van der Waals surface area contributed by atoms with Crippen LogP contribution < -0.4 is 14.5 Å². The van der Waals surface area contributed by atoms with Crippen LogP contribution in [0.3, 0.4) is 0 Å². The van der Waals surface area contributed by atoms with E-state index in [1.165, 1.54) is 16.0 Å². The first-order valence-electron chi connectivity index (χ1n) is 15.2. The van der Waals surface area contributed by atoms with Crippen molar-refractivity contribution in [1.29, 1.82) is 0 Å². The second kappa shape index (κ2) is 15.7. The molecule has 1 atom stereocenters. The number of piperazine rings is 1. The smallest absolute Gasteiger partial charge is 0.415 e. The fraction of sp³-hybridized carbons (Fsp3) is 0.515. The maximum Gasteiger partial charge on any atom is 0.415 e. The van der Waals surface area contributed by atoms with Gasteiger partial charge < -0.3 is 14.4 Å². The molecule has 1 saturated heterocycles. The molecule has 0 saturated carbocycles. The molecule has 2 amide bonds. The van der Waals surface area contributed by atoms with Crippen LogP contribution in [0.25, 0.3) is 0 Å². The van der Waals surface area contributed by atoms with Gasteiger partial charge in [0.2, 0.25) is 5.91 Å². The standard InChI is InChI=1S/C33H44Cl2N4O4/c1-5-38(25(4)21-24(2)3)33(41)43-23-39-30-22-27(13-11-26(30)12-14-31(39)40)42-20-7-6-15-36-16-18-37(19-17-36)29-10-8-9-28(34)32(29)35/h5,8-11,13,22,24-25H,1,6-7,12,14-21,23H2,2-4H3. The molecule has 4 rings (SSSR count). The zero-order valence-corrected chi connectivity index (χ0v) is 27.1. The summed E-state index contributed by atoms with van der Waals surface area (Å²) >= 11 is 12.6. The lowest BCUT2D eigenvalue weighted by molar-refractivity contribution is -0.119. The van der Waals surface area contributed by atoms with Crippen LogP contribution >= 0.6 is 23.2 Å². The predicted octanol–water partition coefficient (Wildman–Crippen LogP) is 7.23. The zero-order chi connectivity index (χ0) is 30.9. The molecule has 2 aromatic carbocycles. The molecule has 1 unspecified atom stereocenters. The van der Waals surface area contributed by atoms with Crippen LogP contribution in [0.2, 0.25) is 10.0 Å². The molecule has 0 radical (unpaired) electrons. The number of carbonyl (C=O) groups is 2. The van der Waals surface area contributed by atoms with Crippen molar-refractivity contribution in [2.45, 2.75) is 58.9 Å². The molecular weight excluding hydrogens is 587 g/mol. The number of unbranched alkanes of at least 4 members (excludes halogenated alkanes) is 1. The summed E-state index contributed by atoms with van der Waals surface area (Å²) in [6.07, 6.45) is 4.78. The lowest BCUT2D eigenvalue weighted by Gasteiger charge is -2.36. The van der Waals surface area contributed by atoms with E-state index in [4.69, 9.17) is 32.7 Å². The highest BCUT2D eigenvalue weighted by Crippen LogP contribution is 2.33. The highest BCUT2D eigenvalue weighted by Gasteiger charge is 2.27. The number of anilines is 2. The van der Waals surface area contributed by atoms with Crippen molar-refractivity contribution in [3.63, 3.8) is 0 Å². The second-order valence-electron chi connectivity index (χ2n) is 11.7. The molecule has 8 nitrogen and oxygen atoms in total. The maximum absolute atomic E-state index is 12.8. The third-order valence-corrected chi connectivity index (χ3v) is 8.86. The Kier molecular flexibility index (Phi) is 12.0. The topological polar surface area (TPSA) is 65.6 Å². The number of hydrogen-bond donors (Lipinski definition) is 0. The number of fused-ring (bicyclic) bond motifs is 1. The van der Waals surface area contributed by atoms with Crippen molar-refractivity contribution in [1.82, 2.24) is 9.80 Å². The van der Waals surface area contributed by atoms with Crippen molar-refractivity contribution in [2.75, 3.05) is 55.9 Å². The summed E-state index contributed by atoms with van der Waals surface area (Å²) in [4.78, 5) is 33.4. The Morgan fingerprint density at radius 2 is 1.81 bits per heavy atom. The molecule has 2 aliphatic rings. The predicted molar refractivity (Wildman–Crippen MR) is 174 cm³/mol. The van der Waals surface area contributed by atoms with Gasteiger partial charge in [0.15, 0.2) is 6.73 Å². The number of benzene rings is 2. The van der Waals surface area contributed by atoms with Gasteiger partial charge in [-0.3, -0.25) is 19.5 Å². The van der Waals surface area contributed by atoms with E-state index in [0.717, 1.165) is 68.9 Å². The minimum absolute atomic E-state index is 0.0491. The van der Waals surface area contributed by atoms with E-state index < -0.39 is 6.09 Å². The molecule has 0 spiro atoms. The van der Waals surface area contributed by atoms with E-state index in [1.807, 2.05) is 43.3 Å². The Hall–Kier alpha value is -2.94. The molecule has 2 heterocycles. The third kappa shape index (κ3) is 8.80. The van der Waals surface area contributed by atoms with E-state index in [1.54, 1.807) is 0 Å². The molecule has 10 heteroatoms. The molecule has 0 aliphatic carbocycles. The van der Waals surface area contributed by atoms with Crippen LogP contribution in [-0.2, 0) is 16.0 Å². The Morgan fingerprint density at radius 1 is 1.05 bits per heavy atom. The zero-order valence-electron chi connectivity index (χ0n) is 25.6. The lowest BCUT2D eigenvalue weighted by atomic mass is 10.0. The summed E-state index contributed by atoms with van der Waals surface area (Å²) in [5.74, 6) is 1.06. The molecule has 0 N–H and O–H groups in total. The van der Waals surface area contributed by atoms with E-state index in [9.17, 15) is 9.59 Å². The van der Waals surface area contributed by atoms with Gasteiger partial charge in [0, 0.05) is 50.9 Å². The Labute approximate surface area is 266 Å². The summed E-state index contributed by atoms with van der Waals surface area (Å²) in [7, 11) is 0. The average Bonchev–Trinajstić information content (AvgIpc) is 2.98. The average molecular weight is 632 g/mol. The highest BCUT2D eigenvalue weighted by molar-refractivity contribution is 6.43. The number of nitrogens with zero attached hydrogens (tertiary/aromatic N) is 4. The van der Waals surface area contributed by atoms with Crippen LogP contribution in [-0.4, -0.2) is 73.9 Å². The van der Waals surface area contributed by atoms with Crippen molar-refractivity contribution < 1.29 is 19.1 Å². The molecule has 43 heavy (non-hydrogen) atoms. The molecular formula is C33H44Cl2N4O4. The molecule has 234 valence electrons. The van der Waals surface area contributed by atoms with Crippen LogP contribution in [0.4, 0.5) is 16.2 Å². The first-order valence-corrected chi connectivity index (χ1v) is 16.0. The Balaban J connectivity index is 1.23. The number of aryl methyl sites for hydroxylation is 1. The largest absolute Gasteiger partial charge is 0.494 e. The van der Waals surface area contributed by atoms with Gasteiger partial charge >= 0.3 is 6.09 Å². The number of halogens is 2. The van der Waals surface area contributed by atoms with Gasteiger partial charge in [-0.25, -0.2) is 4.79 Å². The summed E-state index contributed by atoms with van der Waals surface area (Å²) in [6, 6.07) is 11.6. The van der Waals surface area contributed by atoms with Crippen LogP contribution in [0.15, 0.2) is 49.2 Å². The normalized spacial score (nSPS) is 16.2. The van der Waals surface area contributed by atoms with Gasteiger partial charge in [-0.15, -0.1) is 0 Å². The van der Waals surface area contributed by atoms with E-state index in [0.29, 0.717) is 41.2 Å². The van der Waals surface area contributed by atoms with Gasteiger partial charge in [-0.1, -0.05) is 55.8 Å². The molecule has 1 fully saturated rings. The van der Waals surface area contributed by atoms with Crippen LogP contribution in [0.1, 0.15) is 52.0 Å². The van der Waals surface area contributed by atoms with E-state index in [2.05, 4.69) is 30.2 Å². The Bertz CT molecular complexity index is 1270. The lowest BCUT2D eigenvalue weighted by Crippen LogP contribution is -2.46. The van der Waals surface area contributed by atoms with Crippen molar-refractivity contribution in [3.05, 3.63) is 64.8 Å². The third-order valence-electron chi connectivity index (χ3n) is 8.05. The first kappa shape index (κ1) is 33.0.